The molecule has 1 fully saturated rings. The lowest BCUT2D eigenvalue weighted by Crippen LogP contribution is -2.54. The Kier molecular flexibility index (Phi) is 3.91. The molecule has 0 spiro atoms. The first-order valence-corrected chi connectivity index (χ1v) is 5.48. The van der Waals surface area contributed by atoms with E-state index in [2.05, 4.69) is 4.74 Å². The number of aliphatic hydroxyl groups is 1. The summed E-state index contributed by atoms with van der Waals surface area (Å²) in [4.78, 5) is 11.3. The Balaban J connectivity index is 2.72. The van der Waals surface area contributed by atoms with Crippen molar-refractivity contribution in [2.45, 2.75) is 51.0 Å². The maximum absolute atomic E-state index is 13.8. The Labute approximate surface area is 94.7 Å². The molecule has 0 radical (unpaired) electrons. The monoisotopic (exact) mass is 234 g/mol. The molecule has 94 valence electrons. The lowest BCUT2D eigenvalue weighted by atomic mass is 9.81. The van der Waals surface area contributed by atoms with E-state index in [-0.39, 0.29) is 26.1 Å². The highest BCUT2D eigenvalue weighted by Gasteiger charge is 2.49. The second-order valence-electron chi connectivity index (χ2n) is 4.75. The lowest BCUT2D eigenvalue weighted by molar-refractivity contribution is -0.187. The quantitative estimate of drug-likeness (QED) is 0.746. The third-order valence-corrected chi connectivity index (χ3v) is 2.72. The molecule has 0 aromatic rings. The molecular weight excluding hydrogens is 215 g/mol. The third kappa shape index (κ3) is 2.92. The second kappa shape index (κ2) is 4.67. The minimum absolute atomic E-state index is 0.0833. The molecule has 1 heterocycles. The number of halogens is 1. The van der Waals surface area contributed by atoms with Crippen LogP contribution in [0.1, 0.15) is 33.6 Å². The largest absolute Gasteiger partial charge is 0.464 e. The van der Waals surface area contributed by atoms with E-state index in [9.17, 15) is 14.3 Å². The number of alkyl halides is 1. The molecule has 0 saturated carbocycles. The topological polar surface area (TPSA) is 55.8 Å². The predicted octanol–water partition coefficient (Wildman–Crippen LogP) is 1.21. The van der Waals surface area contributed by atoms with Crippen molar-refractivity contribution in [1.29, 1.82) is 0 Å². The van der Waals surface area contributed by atoms with Crippen molar-refractivity contribution in [1.82, 2.24) is 0 Å². The molecule has 1 N–H and O–H groups in total. The van der Waals surface area contributed by atoms with Crippen LogP contribution in [0.4, 0.5) is 4.39 Å². The standard InChI is InChI=1S/C11H19FO4/c1-4-15-9(13)8(12)11(14)5-6-16-10(2,3)7-11/h8,14H,4-7H2,1-3H3. The third-order valence-electron chi connectivity index (χ3n) is 2.72. The van der Waals surface area contributed by atoms with Crippen molar-refractivity contribution in [3.8, 4) is 0 Å². The van der Waals surface area contributed by atoms with Crippen LogP contribution in [-0.4, -0.2) is 41.7 Å². The van der Waals surface area contributed by atoms with Crippen LogP contribution in [0.15, 0.2) is 0 Å². The van der Waals surface area contributed by atoms with Gasteiger partial charge in [-0.15, -0.1) is 0 Å². The second-order valence-corrected chi connectivity index (χ2v) is 4.75. The van der Waals surface area contributed by atoms with Crippen LogP contribution in [-0.2, 0) is 14.3 Å². The SMILES string of the molecule is CCOC(=O)C(F)C1(O)CCOC(C)(C)C1. The molecule has 0 bridgehead atoms. The van der Waals surface area contributed by atoms with E-state index in [4.69, 9.17) is 4.74 Å². The van der Waals surface area contributed by atoms with Crippen LogP contribution in [0.25, 0.3) is 0 Å². The summed E-state index contributed by atoms with van der Waals surface area (Å²) < 4.78 is 23.8. The van der Waals surface area contributed by atoms with E-state index in [1.807, 2.05) is 0 Å². The Hall–Kier alpha value is -0.680. The summed E-state index contributed by atoms with van der Waals surface area (Å²) in [7, 11) is 0. The summed E-state index contributed by atoms with van der Waals surface area (Å²) >= 11 is 0. The molecular formula is C11H19FO4. The van der Waals surface area contributed by atoms with Gasteiger partial charge in [0.25, 0.3) is 0 Å². The van der Waals surface area contributed by atoms with Crippen LogP contribution in [0.5, 0.6) is 0 Å². The van der Waals surface area contributed by atoms with Gasteiger partial charge in [0, 0.05) is 12.8 Å². The van der Waals surface area contributed by atoms with Gasteiger partial charge in [-0.1, -0.05) is 0 Å². The molecule has 2 unspecified atom stereocenters. The van der Waals surface area contributed by atoms with Crippen LogP contribution in [0.2, 0.25) is 0 Å². The molecule has 5 heteroatoms. The zero-order valence-electron chi connectivity index (χ0n) is 9.96. The molecule has 1 saturated heterocycles. The fourth-order valence-electron chi connectivity index (χ4n) is 2.03. The molecule has 16 heavy (non-hydrogen) atoms. The number of carbonyl (C=O) groups excluding carboxylic acids is 1. The normalized spacial score (nSPS) is 30.8. The van der Waals surface area contributed by atoms with E-state index in [0.717, 1.165) is 0 Å². The Morgan fingerprint density at radius 1 is 1.62 bits per heavy atom. The average molecular weight is 234 g/mol. The maximum Gasteiger partial charge on any atom is 0.343 e. The van der Waals surface area contributed by atoms with Gasteiger partial charge in [0.1, 0.15) is 5.60 Å². The molecule has 1 aliphatic heterocycles. The van der Waals surface area contributed by atoms with Crippen molar-refractivity contribution in [2.75, 3.05) is 13.2 Å². The first kappa shape index (κ1) is 13.4. The number of hydrogen-bond donors (Lipinski definition) is 1. The van der Waals surface area contributed by atoms with Gasteiger partial charge in [-0.3, -0.25) is 0 Å². The van der Waals surface area contributed by atoms with E-state index in [1.54, 1.807) is 20.8 Å². The highest BCUT2D eigenvalue weighted by Crippen LogP contribution is 2.35. The summed E-state index contributed by atoms with van der Waals surface area (Å²) in [5.41, 5.74) is -2.29. The Morgan fingerprint density at radius 3 is 2.75 bits per heavy atom. The smallest absolute Gasteiger partial charge is 0.343 e. The highest BCUT2D eigenvalue weighted by atomic mass is 19.1. The number of esters is 1. The molecule has 4 nitrogen and oxygen atoms in total. The van der Waals surface area contributed by atoms with E-state index in [1.165, 1.54) is 0 Å². The highest BCUT2D eigenvalue weighted by molar-refractivity contribution is 5.76. The first-order valence-electron chi connectivity index (χ1n) is 5.48. The molecule has 0 aromatic carbocycles. The van der Waals surface area contributed by atoms with E-state index < -0.39 is 23.3 Å². The van der Waals surface area contributed by atoms with Crippen molar-refractivity contribution in [3.63, 3.8) is 0 Å². The predicted molar refractivity (Wildman–Crippen MR) is 55.7 cm³/mol. The summed E-state index contributed by atoms with van der Waals surface area (Å²) in [6, 6.07) is 0. The lowest BCUT2D eigenvalue weighted by Gasteiger charge is -2.42. The zero-order chi connectivity index (χ0) is 12.4. The van der Waals surface area contributed by atoms with Gasteiger partial charge in [0.2, 0.25) is 6.17 Å². The number of rotatable bonds is 3. The molecule has 0 amide bonds. The molecule has 1 rings (SSSR count). The first-order chi connectivity index (χ1) is 7.31. The van der Waals surface area contributed by atoms with E-state index in [0.29, 0.717) is 0 Å². The van der Waals surface area contributed by atoms with Crippen LogP contribution < -0.4 is 0 Å². The van der Waals surface area contributed by atoms with Crippen LogP contribution >= 0.6 is 0 Å². The minimum Gasteiger partial charge on any atom is -0.464 e. The number of carbonyl (C=O) groups is 1. The van der Waals surface area contributed by atoms with Crippen molar-refractivity contribution in [3.05, 3.63) is 0 Å². The summed E-state index contributed by atoms with van der Waals surface area (Å²) in [5.74, 6) is -0.997. The fraction of sp³-hybridized carbons (Fsp3) is 0.909. The number of hydrogen-bond acceptors (Lipinski definition) is 4. The van der Waals surface area contributed by atoms with E-state index >= 15 is 0 Å². The van der Waals surface area contributed by atoms with Gasteiger partial charge in [-0.05, 0) is 20.8 Å². The maximum atomic E-state index is 13.8. The van der Waals surface area contributed by atoms with Crippen molar-refractivity contribution < 1.29 is 23.8 Å². The summed E-state index contributed by atoms with van der Waals surface area (Å²) in [6.07, 6.45) is -1.81. The van der Waals surface area contributed by atoms with Crippen LogP contribution in [0.3, 0.4) is 0 Å². The van der Waals surface area contributed by atoms with Gasteiger partial charge in [0.15, 0.2) is 0 Å². The van der Waals surface area contributed by atoms with Gasteiger partial charge in [-0.25, -0.2) is 9.18 Å². The minimum atomic E-state index is -2.00. The van der Waals surface area contributed by atoms with Gasteiger partial charge in [-0.2, -0.15) is 0 Å². The summed E-state index contributed by atoms with van der Waals surface area (Å²) in [5, 5.41) is 10.1. The fourth-order valence-corrected chi connectivity index (χ4v) is 2.03. The van der Waals surface area contributed by atoms with Gasteiger partial charge >= 0.3 is 5.97 Å². The molecule has 0 aliphatic carbocycles. The van der Waals surface area contributed by atoms with Crippen LogP contribution in [0, 0.1) is 0 Å². The Morgan fingerprint density at radius 2 is 2.25 bits per heavy atom. The van der Waals surface area contributed by atoms with Crippen molar-refractivity contribution >= 4 is 5.97 Å². The number of ether oxygens (including phenoxy) is 2. The molecule has 2 atom stereocenters. The zero-order valence-corrected chi connectivity index (χ0v) is 9.96. The molecule has 1 aliphatic rings. The van der Waals surface area contributed by atoms with Crippen molar-refractivity contribution in [2.24, 2.45) is 0 Å². The average Bonchev–Trinajstić information content (AvgIpc) is 2.15. The Bertz CT molecular complexity index is 267. The summed E-state index contributed by atoms with van der Waals surface area (Å²) in [6.45, 7) is 5.46. The van der Waals surface area contributed by atoms with Gasteiger partial charge in [0.05, 0.1) is 18.8 Å². The van der Waals surface area contributed by atoms with Gasteiger partial charge < -0.3 is 14.6 Å². The molecule has 0 aromatic heterocycles.